The maximum absolute atomic E-state index is 12.0. The molecule has 0 saturated heterocycles. The first-order valence-electron chi connectivity index (χ1n) is 7.85. The summed E-state index contributed by atoms with van der Waals surface area (Å²) in [4.78, 5) is 22.2. The number of nitro groups is 1. The fraction of sp³-hybridized carbons (Fsp3) is 0.562. The Morgan fingerprint density at radius 2 is 2.17 bits per heavy atom. The number of ketones is 1. The van der Waals surface area contributed by atoms with Gasteiger partial charge in [-0.1, -0.05) is 13.3 Å². The molecule has 0 unspecified atom stereocenters. The zero-order valence-electron chi connectivity index (χ0n) is 13.4. The summed E-state index contributed by atoms with van der Waals surface area (Å²) < 4.78 is 12.0. The highest BCUT2D eigenvalue weighted by Gasteiger charge is 2.27. The number of nitrogens with zero attached hydrogens (tertiary/aromatic N) is 1. The minimum absolute atomic E-state index is 0.0751. The highest BCUT2D eigenvalue weighted by Crippen LogP contribution is 2.30. The van der Waals surface area contributed by atoms with Crippen LogP contribution in [0.4, 0.5) is 11.4 Å². The third-order valence-electron chi connectivity index (χ3n) is 4.24. The highest BCUT2D eigenvalue weighted by atomic mass is 32.2. The van der Waals surface area contributed by atoms with Crippen molar-refractivity contribution in [1.29, 1.82) is 0 Å². The molecular weight excluding hydrogens is 316 g/mol. The molecule has 1 aliphatic carbocycles. The second-order valence-corrected chi connectivity index (χ2v) is 7.85. The van der Waals surface area contributed by atoms with Gasteiger partial charge in [-0.15, -0.1) is 0 Å². The Hall–Kier alpha value is -1.76. The summed E-state index contributed by atoms with van der Waals surface area (Å²) in [7, 11) is -0.835. The van der Waals surface area contributed by atoms with Gasteiger partial charge in [-0.25, -0.2) is 0 Å². The first kappa shape index (κ1) is 17.6. The molecule has 0 heterocycles. The molecule has 2 rings (SSSR count). The second-order valence-electron chi connectivity index (χ2n) is 5.84. The number of hydrogen-bond acceptors (Lipinski definition) is 5. The van der Waals surface area contributed by atoms with E-state index in [-0.39, 0.29) is 22.8 Å². The number of nitro benzene ring substituents is 1. The van der Waals surface area contributed by atoms with Crippen molar-refractivity contribution < 1.29 is 13.9 Å². The van der Waals surface area contributed by atoms with Crippen molar-refractivity contribution in [2.45, 2.75) is 50.8 Å². The lowest BCUT2D eigenvalue weighted by Crippen LogP contribution is -2.33. The Morgan fingerprint density at radius 1 is 1.43 bits per heavy atom. The smallest absolute Gasteiger partial charge is 0.293 e. The van der Waals surface area contributed by atoms with Crippen LogP contribution in [0.3, 0.4) is 0 Å². The van der Waals surface area contributed by atoms with E-state index in [4.69, 9.17) is 0 Å². The number of hydrogen-bond donors (Lipinski definition) is 1. The Kier molecular flexibility index (Phi) is 5.87. The summed E-state index contributed by atoms with van der Waals surface area (Å²) >= 11 is 0. The Balaban J connectivity index is 2.17. The number of Topliss-reactive ketones (excluding diaryl/α,β-unsaturated/α-hetero) is 1. The predicted octanol–water partition coefficient (Wildman–Crippen LogP) is 3.29. The molecule has 0 aromatic heterocycles. The number of nitrogens with one attached hydrogen (secondary N) is 1. The number of anilines is 1. The molecule has 3 atom stereocenters. The average molecular weight is 338 g/mol. The van der Waals surface area contributed by atoms with Crippen LogP contribution in [-0.4, -0.2) is 32.0 Å². The van der Waals surface area contributed by atoms with E-state index in [0.717, 1.165) is 25.7 Å². The number of carbonyl (C=O) groups excluding carboxylic acids is 1. The van der Waals surface area contributed by atoms with Crippen molar-refractivity contribution >= 4 is 28.0 Å². The molecule has 1 aromatic carbocycles. The average Bonchev–Trinajstić information content (AvgIpc) is 2.54. The monoisotopic (exact) mass is 338 g/mol. The number of rotatable bonds is 6. The molecule has 0 aliphatic heterocycles. The molecular formula is C16H22N2O4S. The zero-order valence-corrected chi connectivity index (χ0v) is 14.2. The second kappa shape index (κ2) is 7.68. The van der Waals surface area contributed by atoms with E-state index >= 15 is 0 Å². The summed E-state index contributed by atoms with van der Waals surface area (Å²) in [6.45, 7) is 3.30. The maximum Gasteiger partial charge on any atom is 0.293 e. The van der Waals surface area contributed by atoms with E-state index in [2.05, 4.69) is 5.32 Å². The summed E-state index contributed by atoms with van der Waals surface area (Å²) in [5.41, 5.74) is 0.667. The molecule has 0 spiro atoms. The van der Waals surface area contributed by atoms with Crippen molar-refractivity contribution in [2.75, 3.05) is 11.1 Å². The Morgan fingerprint density at radius 3 is 2.78 bits per heavy atom. The fourth-order valence-electron chi connectivity index (χ4n) is 2.99. The van der Waals surface area contributed by atoms with Crippen molar-refractivity contribution in [3.8, 4) is 0 Å². The van der Waals surface area contributed by atoms with Gasteiger partial charge in [0.2, 0.25) is 0 Å². The lowest BCUT2D eigenvalue weighted by molar-refractivity contribution is -0.384. The molecule has 6 nitrogen and oxygen atoms in total. The first-order chi connectivity index (χ1) is 10.9. The van der Waals surface area contributed by atoms with Crippen LogP contribution in [0.2, 0.25) is 0 Å². The molecule has 126 valence electrons. The third-order valence-corrected chi connectivity index (χ3v) is 5.98. The van der Waals surface area contributed by atoms with Crippen LogP contribution in [-0.2, 0) is 10.8 Å². The molecule has 1 aliphatic rings. The van der Waals surface area contributed by atoms with Gasteiger partial charge in [0, 0.05) is 39.5 Å². The van der Waals surface area contributed by atoms with Crippen molar-refractivity contribution in [3.63, 3.8) is 0 Å². The number of benzene rings is 1. The lowest BCUT2D eigenvalue weighted by Gasteiger charge is -2.29. The van der Waals surface area contributed by atoms with Crippen LogP contribution in [0.15, 0.2) is 18.2 Å². The van der Waals surface area contributed by atoms with Gasteiger partial charge >= 0.3 is 0 Å². The van der Waals surface area contributed by atoms with Gasteiger partial charge < -0.3 is 5.32 Å². The van der Waals surface area contributed by atoms with Gasteiger partial charge in [0.15, 0.2) is 5.78 Å². The SMILES string of the molecule is CC[S@](=O)[C@H]1CCC[C@@H](Nc2ccc(C(C)=O)cc2[N+](=O)[O-])C1. The van der Waals surface area contributed by atoms with Crippen LogP contribution in [0.1, 0.15) is 49.9 Å². The largest absolute Gasteiger partial charge is 0.377 e. The summed E-state index contributed by atoms with van der Waals surface area (Å²) in [6.07, 6.45) is 3.58. The molecule has 0 radical (unpaired) electrons. The topological polar surface area (TPSA) is 89.3 Å². The van der Waals surface area contributed by atoms with Crippen LogP contribution < -0.4 is 5.32 Å². The Bertz CT molecular complexity index is 633. The molecule has 1 aromatic rings. The summed E-state index contributed by atoms with van der Waals surface area (Å²) in [5.74, 6) is 0.445. The lowest BCUT2D eigenvalue weighted by atomic mass is 9.94. The van der Waals surface area contributed by atoms with Crippen LogP contribution in [0.25, 0.3) is 0 Å². The molecule has 0 amide bonds. The van der Waals surface area contributed by atoms with Crippen LogP contribution >= 0.6 is 0 Å². The van der Waals surface area contributed by atoms with E-state index in [1.807, 2.05) is 6.92 Å². The first-order valence-corrected chi connectivity index (χ1v) is 9.23. The predicted molar refractivity (Wildman–Crippen MR) is 91.5 cm³/mol. The quantitative estimate of drug-likeness (QED) is 0.488. The molecule has 23 heavy (non-hydrogen) atoms. The van der Waals surface area contributed by atoms with E-state index in [9.17, 15) is 19.1 Å². The van der Waals surface area contributed by atoms with E-state index in [1.54, 1.807) is 12.1 Å². The van der Waals surface area contributed by atoms with Crippen molar-refractivity contribution in [2.24, 2.45) is 0 Å². The maximum atomic E-state index is 12.0. The number of carbonyl (C=O) groups is 1. The summed E-state index contributed by atoms with van der Waals surface area (Å²) in [6, 6.07) is 4.58. The van der Waals surface area contributed by atoms with Gasteiger partial charge in [-0.05, 0) is 38.3 Å². The zero-order chi connectivity index (χ0) is 17.0. The normalized spacial score (nSPS) is 22.3. The van der Waals surface area contributed by atoms with Gasteiger partial charge in [0.25, 0.3) is 5.69 Å². The van der Waals surface area contributed by atoms with Gasteiger partial charge in [-0.3, -0.25) is 19.1 Å². The van der Waals surface area contributed by atoms with Gasteiger partial charge in [0.05, 0.1) is 4.92 Å². The Labute approximate surface area is 138 Å². The van der Waals surface area contributed by atoms with E-state index < -0.39 is 15.7 Å². The van der Waals surface area contributed by atoms with Gasteiger partial charge in [0.1, 0.15) is 5.69 Å². The van der Waals surface area contributed by atoms with Crippen molar-refractivity contribution in [1.82, 2.24) is 0 Å². The van der Waals surface area contributed by atoms with Crippen molar-refractivity contribution in [3.05, 3.63) is 33.9 Å². The van der Waals surface area contributed by atoms with Crippen LogP contribution in [0.5, 0.6) is 0 Å². The highest BCUT2D eigenvalue weighted by molar-refractivity contribution is 7.85. The standard InChI is InChI=1S/C16H22N2O4S/c1-3-23(22)14-6-4-5-13(10-14)17-15-8-7-12(11(2)19)9-16(15)18(20)21/h7-9,13-14,17H,3-6,10H2,1-2H3/t13-,14+,23+/m1/s1. The third kappa shape index (κ3) is 4.37. The molecule has 0 bridgehead atoms. The summed E-state index contributed by atoms with van der Waals surface area (Å²) in [5, 5.41) is 14.6. The minimum Gasteiger partial charge on any atom is -0.377 e. The van der Waals surface area contributed by atoms with E-state index in [0.29, 0.717) is 17.0 Å². The minimum atomic E-state index is -0.835. The molecule has 1 fully saturated rings. The van der Waals surface area contributed by atoms with E-state index in [1.165, 1.54) is 13.0 Å². The molecule has 1 saturated carbocycles. The fourth-order valence-corrected chi connectivity index (χ4v) is 4.34. The molecule has 7 heteroatoms. The van der Waals surface area contributed by atoms with Gasteiger partial charge in [-0.2, -0.15) is 0 Å². The van der Waals surface area contributed by atoms with Crippen LogP contribution in [0, 0.1) is 10.1 Å². The molecule has 1 N–H and O–H groups in total.